The first-order valence-electron chi connectivity index (χ1n) is 6.15. The Balaban J connectivity index is 2.52. The maximum atomic E-state index is 5.57. The van der Waals surface area contributed by atoms with E-state index in [1.54, 1.807) is 14.2 Å². The van der Waals surface area contributed by atoms with E-state index in [4.69, 9.17) is 15.2 Å². The molecule has 0 aliphatic carbocycles. The van der Waals surface area contributed by atoms with E-state index >= 15 is 0 Å². The molecule has 2 rings (SSSR count). The molecule has 0 unspecified atom stereocenters. The molecular formula is C14H19N3O2. The van der Waals surface area contributed by atoms with Crippen LogP contribution < -0.4 is 15.2 Å². The van der Waals surface area contributed by atoms with E-state index < -0.39 is 0 Å². The minimum absolute atomic E-state index is 0.589. The molecular weight excluding hydrogens is 242 g/mol. The van der Waals surface area contributed by atoms with Gasteiger partial charge in [-0.2, -0.15) is 5.10 Å². The molecule has 2 N–H and O–H groups in total. The zero-order valence-electron chi connectivity index (χ0n) is 11.5. The van der Waals surface area contributed by atoms with E-state index in [0.717, 1.165) is 23.4 Å². The lowest BCUT2D eigenvalue weighted by Crippen LogP contribution is -2.03. The number of aryl methyl sites for hydroxylation is 1. The molecule has 0 aliphatic heterocycles. The standard InChI is InChI=1S/C14H19N3O2/c1-17-12(9-10(16-17)7-8-15)11-5-4-6-13(18-2)14(11)19-3/h4-6,9H,7-8,15H2,1-3H3. The molecule has 5 nitrogen and oxygen atoms in total. The smallest absolute Gasteiger partial charge is 0.170 e. The Hall–Kier alpha value is -2.01. The summed E-state index contributed by atoms with van der Waals surface area (Å²) in [6, 6.07) is 7.83. The van der Waals surface area contributed by atoms with Gasteiger partial charge in [0.25, 0.3) is 0 Å². The van der Waals surface area contributed by atoms with Crippen LogP contribution in [0.15, 0.2) is 24.3 Å². The topological polar surface area (TPSA) is 62.3 Å². The molecule has 0 saturated carbocycles. The van der Waals surface area contributed by atoms with Crippen LogP contribution in [0.4, 0.5) is 0 Å². The summed E-state index contributed by atoms with van der Waals surface area (Å²) in [7, 11) is 5.18. The van der Waals surface area contributed by atoms with Crippen molar-refractivity contribution < 1.29 is 9.47 Å². The Morgan fingerprint density at radius 2 is 2.05 bits per heavy atom. The van der Waals surface area contributed by atoms with Crippen LogP contribution in [0.1, 0.15) is 5.69 Å². The third-order valence-corrected chi connectivity index (χ3v) is 3.01. The van der Waals surface area contributed by atoms with Crippen LogP contribution in [-0.2, 0) is 13.5 Å². The molecule has 0 fully saturated rings. The van der Waals surface area contributed by atoms with E-state index in [1.807, 2.05) is 36.0 Å². The summed E-state index contributed by atoms with van der Waals surface area (Å²) >= 11 is 0. The number of nitrogens with two attached hydrogens (primary N) is 1. The van der Waals surface area contributed by atoms with E-state index in [9.17, 15) is 0 Å². The van der Waals surface area contributed by atoms with Crippen LogP contribution in [-0.4, -0.2) is 30.5 Å². The van der Waals surface area contributed by atoms with Gasteiger partial charge in [0.2, 0.25) is 0 Å². The number of nitrogens with zero attached hydrogens (tertiary/aromatic N) is 2. The van der Waals surface area contributed by atoms with E-state index in [2.05, 4.69) is 5.10 Å². The SMILES string of the molecule is COc1cccc(-c2cc(CCN)nn2C)c1OC. The average molecular weight is 261 g/mol. The molecule has 0 amide bonds. The van der Waals surface area contributed by atoms with Crippen molar-refractivity contribution in [3.05, 3.63) is 30.0 Å². The summed E-state index contributed by atoms with van der Waals surface area (Å²) in [5.74, 6) is 1.42. The molecule has 2 aromatic rings. The molecule has 1 heterocycles. The van der Waals surface area contributed by atoms with Crippen molar-refractivity contribution in [1.82, 2.24) is 9.78 Å². The molecule has 1 aromatic heterocycles. The number of rotatable bonds is 5. The van der Waals surface area contributed by atoms with Crippen molar-refractivity contribution in [2.45, 2.75) is 6.42 Å². The van der Waals surface area contributed by atoms with Gasteiger partial charge in [-0.25, -0.2) is 0 Å². The number of aromatic nitrogens is 2. The van der Waals surface area contributed by atoms with Crippen molar-refractivity contribution in [3.8, 4) is 22.8 Å². The second-order valence-electron chi connectivity index (χ2n) is 4.22. The quantitative estimate of drug-likeness (QED) is 0.888. The molecule has 102 valence electrons. The highest BCUT2D eigenvalue weighted by Crippen LogP contribution is 2.37. The second-order valence-corrected chi connectivity index (χ2v) is 4.22. The molecule has 5 heteroatoms. The van der Waals surface area contributed by atoms with Gasteiger partial charge in [-0.1, -0.05) is 6.07 Å². The van der Waals surface area contributed by atoms with Gasteiger partial charge in [0.1, 0.15) is 0 Å². The third-order valence-electron chi connectivity index (χ3n) is 3.01. The Morgan fingerprint density at radius 3 is 2.68 bits per heavy atom. The summed E-state index contributed by atoms with van der Waals surface area (Å²) in [6.07, 6.45) is 0.764. The summed E-state index contributed by atoms with van der Waals surface area (Å²) in [5.41, 5.74) is 8.49. The molecule has 0 saturated heterocycles. The lowest BCUT2D eigenvalue weighted by atomic mass is 10.1. The number of hydrogen-bond donors (Lipinski definition) is 1. The monoisotopic (exact) mass is 261 g/mol. The van der Waals surface area contributed by atoms with Gasteiger partial charge in [0.15, 0.2) is 11.5 Å². The first kappa shape index (κ1) is 13.4. The molecule has 0 radical (unpaired) electrons. The van der Waals surface area contributed by atoms with E-state index in [-0.39, 0.29) is 0 Å². The Kier molecular flexibility index (Phi) is 4.06. The first-order valence-corrected chi connectivity index (χ1v) is 6.15. The predicted octanol–water partition coefficient (Wildman–Crippen LogP) is 1.61. The first-order chi connectivity index (χ1) is 9.21. The lowest BCUT2D eigenvalue weighted by Gasteiger charge is -2.12. The highest BCUT2D eigenvalue weighted by atomic mass is 16.5. The minimum atomic E-state index is 0.589. The van der Waals surface area contributed by atoms with E-state index in [1.165, 1.54) is 0 Å². The zero-order chi connectivity index (χ0) is 13.8. The van der Waals surface area contributed by atoms with Gasteiger partial charge in [-0.3, -0.25) is 4.68 Å². The number of benzene rings is 1. The summed E-state index contributed by atoms with van der Waals surface area (Å²) in [5, 5.41) is 4.45. The zero-order valence-corrected chi connectivity index (χ0v) is 11.5. The van der Waals surface area contributed by atoms with Crippen molar-refractivity contribution in [3.63, 3.8) is 0 Å². The van der Waals surface area contributed by atoms with Crippen LogP contribution in [0, 0.1) is 0 Å². The normalized spacial score (nSPS) is 10.5. The number of hydrogen-bond acceptors (Lipinski definition) is 4. The fourth-order valence-corrected chi connectivity index (χ4v) is 2.14. The van der Waals surface area contributed by atoms with E-state index in [0.29, 0.717) is 18.0 Å². The van der Waals surface area contributed by atoms with Crippen LogP contribution in [0.2, 0.25) is 0 Å². The van der Waals surface area contributed by atoms with Crippen molar-refractivity contribution in [2.75, 3.05) is 20.8 Å². The highest BCUT2D eigenvalue weighted by Gasteiger charge is 2.15. The molecule has 0 bridgehead atoms. The number of ether oxygens (including phenoxy) is 2. The van der Waals surface area contributed by atoms with Crippen molar-refractivity contribution in [1.29, 1.82) is 0 Å². The fraction of sp³-hybridized carbons (Fsp3) is 0.357. The second kappa shape index (κ2) is 5.75. The summed E-state index contributed by atoms with van der Waals surface area (Å²) in [4.78, 5) is 0. The van der Waals surface area contributed by atoms with Gasteiger partial charge < -0.3 is 15.2 Å². The Labute approximate surface area is 112 Å². The predicted molar refractivity (Wildman–Crippen MR) is 74.5 cm³/mol. The fourth-order valence-electron chi connectivity index (χ4n) is 2.14. The maximum Gasteiger partial charge on any atom is 0.170 e. The minimum Gasteiger partial charge on any atom is -0.493 e. The maximum absolute atomic E-state index is 5.57. The summed E-state index contributed by atoms with van der Waals surface area (Å²) < 4.78 is 12.6. The Bertz CT molecular complexity index is 564. The van der Waals surface area contributed by atoms with Crippen molar-refractivity contribution in [2.24, 2.45) is 12.8 Å². The van der Waals surface area contributed by atoms with Gasteiger partial charge >= 0.3 is 0 Å². The van der Waals surface area contributed by atoms with Crippen LogP contribution >= 0.6 is 0 Å². The summed E-state index contributed by atoms with van der Waals surface area (Å²) in [6.45, 7) is 0.589. The molecule has 1 aromatic carbocycles. The molecule has 0 atom stereocenters. The van der Waals surface area contributed by atoms with Crippen molar-refractivity contribution >= 4 is 0 Å². The van der Waals surface area contributed by atoms with Crippen LogP contribution in [0.5, 0.6) is 11.5 Å². The number of para-hydroxylation sites is 1. The van der Waals surface area contributed by atoms with Gasteiger partial charge in [0.05, 0.1) is 25.6 Å². The molecule has 19 heavy (non-hydrogen) atoms. The molecule has 0 spiro atoms. The molecule has 0 aliphatic rings. The number of methoxy groups -OCH3 is 2. The van der Waals surface area contributed by atoms with Gasteiger partial charge in [-0.15, -0.1) is 0 Å². The van der Waals surface area contributed by atoms with Gasteiger partial charge in [0, 0.05) is 19.0 Å². The van der Waals surface area contributed by atoms with Gasteiger partial charge in [-0.05, 0) is 24.7 Å². The highest BCUT2D eigenvalue weighted by molar-refractivity contribution is 5.71. The largest absolute Gasteiger partial charge is 0.493 e. The van der Waals surface area contributed by atoms with Crippen LogP contribution in [0.3, 0.4) is 0 Å². The lowest BCUT2D eigenvalue weighted by molar-refractivity contribution is 0.356. The Morgan fingerprint density at radius 1 is 1.26 bits per heavy atom. The average Bonchev–Trinajstić information content (AvgIpc) is 2.79. The van der Waals surface area contributed by atoms with Crippen LogP contribution in [0.25, 0.3) is 11.3 Å². The third kappa shape index (κ3) is 2.56.